The van der Waals surface area contributed by atoms with E-state index in [9.17, 15) is 8.42 Å². The van der Waals surface area contributed by atoms with Crippen LogP contribution < -0.4 is 5.73 Å². The zero-order valence-electron chi connectivity index (χ0n) is 20.1. The molecule has 0 aliphatic carbocycles. The monoisotopic (exact) mass is 576 g/mol. The molecule has 0 fully saturated rings. The average molecular weight is 578 g/mol. The standard InChI is InChI=1S/C29H25BrN2O2S2/c1-29(2,3)20-11-15-22(16-12-20)36(33,34)28-26(31)25-23(18-7-5-4-6-8-18)17-24(32-27(25)35-28)19-9-13-21(30)14-10-19/h4-17H,31H2,1-3H3. The molecule has 7 heteroatoms. The van der Waals surface area contributed by atoms with Gasteiger partial charge < -0.3 is 5.73 Å². The molecule has 0 unspecified atom stereocenters. The summed E-state index contributed by atoms with van der Waals surface area (Å²) in [5.74, 6) is 0. The lowest BCUT2D eigenvalue weighted by atomic mass is 9.87. The van der Waals surface area contributed by atoms with E-state index in [-0.39, 0.29) is 20.2 Å². The fraction of sp³-hybridized carbons (Fsp3) is 0.138. The first kappa shape index (κ1) is 24.7. The Morgan fingerprint density at radius 3 is 2.11 bits per heavy atom. The highest BCUT2D eigenvalue weighted by molar-refractivity contribution is 9.10. The lowest BCUT2D eigenvalue weighted by molar-refractivity contribution is 0.587. The maximum absolute atomic E-state index is 13.7. The van der Waals surface area contributed by atoms with Gasteiger partial charge in [0.1, 0.15) is 9.04 Å². The molecule has 0 amide bonds. The van der Waals surface area contributed by atoms with Crippen LogP contribution in [0.4, 0.5) is 5.69 Å². The van der Waals surface area contributed by atoms with Gasteiger partial charge in [-0.1, -0.05) is 91.3 Å². The van der Waals surface area contributed by atoms with Gasteiger partial charge in [-0.25, -0.2) is 13.4 Å². The maximum Gasteiger partial charge on any atom is 0.218 e. The highest BCUT2D eigenvalue weighted by atomic mass is 79.9. The van der Waals surface area contributed by atoms with E-state index in [4.69, 9.17) is 10.7 Å². The minimum absolute atomic E-state index is 0.0726. The number of aromatic nitrogens is 1. The molecule has 5 rings (SSSR count). The first-order valence-corrected chi connectivity index (χ1v) is 14.5. The van der Waals surface area contributed by atoms with Crippen molar-refractivity contribution >= 4 is 53.0 Å². The topological polar surface area (TPSA) is 73.0 Å². The molecule has 182 valence electrons. The maximum atomic E-state index is 13.7. The third-order valence-corrected chi connectivity index (χ3v) is 10.1. The fourth-order valence-corrected chi connectivity index (χ4v) is 7.34. The molecule has 0 saturated carbocycles. The minimum atomic E-state index is -3.83. The van der Waals surface area contributed by atoms with Crippen molar-refractivity contribution in [3.05, 3.63) is 95.0 Å². The van der Waals surface area contributed by atoms with Gasteiger partial charge in [0.2, 0.25) is 9.84 Å². The summed E-state index contributed by atoms with van der Waals surface area (Å²) in [7, 11) is -3.83. The lowest BCUT2D eigenvalue weighted by Crippen LogP contribution is -2.11. The van der Waals surface area contributed by atoms with Gasteiger partial charge in [0.15, 0.2) is 0 Å². The van der Waals surface area contributed by atoms with Gasteiger partial charge in [0.25, 0.3) is 0 Å². The van der Waals surface area contributed by atoms with Crippen molar-refractivity contribution < 1.29 is 8.42 Å². The van der Waals surface area contributed by atoms with E-state index >= 15 is 0 Å². The third kappa shape index (κ3) is 4.47. The average Bonchev–Trinajstić information content (AvgIpc) is 3.21. The summed E-state index contributed by atoms with van der Waals surface area (Å²) in [4.78, 5) is 5.67. The molecule has 0 spiro atoms. The number of pyridine rings is 1. The number of rotatable bonds is 4. The smallest absolute Gasteiger partial charge is 0.218 e. The highest BCUT2D eigenvalue weighted by Crippen LogP contribution is 2.44. The summed E-state index contributed by atoms with van der Waals surface area (Å²) in [6, 6.07) is 26.8. The van der Waals surface area contributed by atoms with Gasteiger partial charge in [-0.05, 0) is 52.4 Å². The Hall–Kier alpha value is -3.00. The Labute approximate surface area is 223 Å². The summed E-state index contributed by atoms with van der Waals surface area (Å²) in [5.41, 5.74) is 11.3. The Morgan fingerprint density at radius 2 is 1.50 bits per heavy atom. The first-order chi connectivity index (χ1) is 17.1. The van der Waals surface area contributed by atoms with Crippen molar-refractivity contribution in [2.75, 3.05) is 5.73 Å². The summed E-state index contributed by atoms with van der Waals surface area (Å²) in [6.07, 6.45) is 0. The van der Waals surface area contributed by atoms with Crippen LogP contribution in [-0.2, 0) is 15.3 Å². The van der Waals surface area contributed by atoms with Crippen molar-refractivity contribution in [1.82, 2.24) is 4.98 Å². The number of sulfone groups is 1. The van der Waals surface area contributed by atoms with Gasteiger partial charge in [0, 0.05) is 15.4 Å². The quantitative estimate of drug-likeness (QED) is 0.234. The summed E-state index contributed by atoms with van der Waals surface area (Å²) in [6.45, 7) is 6.29. The number of hydrogen-bond donors (Lipinski definition) is 1. The predicted octanol–water partition coefficient (Wildman–Crippen LogP) is 8.11. The minimum Gasteiger partial charge on any atom is -0.396 e. The Balaban J connectivity index is 1.73. The Morgan fingerprint density at radius 1 is 0.861 bits per heavy atom. The zero-order chi connectivity index (χ0) is 25.7. The van der Waals surface area contributed by atoms with E-state index in [0.717, 1.165) is 43.8 Å². The van der Waals surface area contributed by atoms with Crippen molar-refractivity contribution in [2.45, 2.75) is 35.3 Å². The molecule has 0 aliphatic rings. The number of benzene rings is 3. The van der Waals surface area contributed by atoms with Crippen LogP contribution in [-0.4, -0.2) is 13.4 Å². The number of thiophene rings is 1. The van der Waals surface area contributed by atoms with Gasteiger partial charge in [-0.3, -0.25) is 0 Å². The van der Waals surface area contributed by atoms with Gasteiger partial charge in [-0.15, -0.1) is 11.3 Å². The molecule has 2 N–H and O–H groups in total. The van der Waals surface area contributed by atoms with E-state index in [1.165, 1.54) is 0 Å². The fourth-order valence-electron chi connectivity index (χ4n) is 4.16. The molecule has 0 atom stereocenters. The van der Waals surface area contributed by atoms with Gasteiger partial charge >= 0.3 is 0 Å². The van der Waals surface area contributed by atoms with Crippen molar-refractivity contribution in [2.24, 2.45) is 0 Å². The number of halogens is 1. The second-order valence-electron chi connectivity index (χ2n) is 9.69. The molecule has 0 saturated heterocycles. The summed E-state index contributed by atoms with van der Waals surface area (Å²) < 4.78 is 28.5. The van der Waals surface area contributed by atoms with Gasteiger partial charge in [-0.2, -0.15) is 0 Å². The Kier molecular flexibility index (Phi) is 6.27. The van der Waals surface area contributed by atoms with Crippen LogP contribution in [0.15, 0.2) is 98.5 Å². The molecular weight excluding hydrogens is 552 g/mol. The number of nitrogens with two attached hydrogens (primary N) is 1. The van der Waals surface area contributed by atoms with Crippen LogP contribution in [0.1, 0.15) is 26.3 Å². The molecule has 4 nitrogen and oxygen atoms in total. The van der Waals surface area contributed by atoms with Crippen LogP contribution >= 0.6 is 27.3 Å². The Bertz CT molecular complexity index is 1670. The number of anilines is 1. The molecule has 2 heterocycles. The first-order valence-electron chi connectivity index (χ1n) is 11.5. The number of hydrogen-bond acceptors (Lipinski definition) is 5. The van der Waals surface area contributed by atoms with Crippen LogP contribution in [0.25, 0.3) is 32.6 Å². The van der Waals surface area contributed by atoms with Gasteiger partial charge in [0.05, 0.1) is 16.3 Å². The number of nitrogens with zero attached hydrogens (tertiary/aromatic N) is 1. The number of nitrogen functional groups attached to an aromatic ring is 1. The van der Waals surface area contributed by atoms with Crippen LogP contribution in [0.3, 0.4) is 0 Å². The van der Waals surface area contributed by atoms with E-state index in [1.54, 1.807) is 12.1 Å². The lowest BCUT2D eigenvalue weighted by Gasteiger charge is -2.19. The second kappa shape index (κ2) is 9.14. The highest BCUT2D eigenvalue weighted by Gasteiger charge is 2.28. The molecule has 3 aromatic carbocycles. The summed E-state index contributed by atoms with van der Waals surface area (Å²) >= 11 is 4.60. The SMILES string of the molecule is CC(C)(C)c1ccc(S(=O)(=O)c2sc3nc(-c4ccc(Br)cc4)cc(-c4ccccc4)c3c2N)cc1. The third-order valence-electron chi connectivity index (χ3n) is 6.16. The van der Waals surface area contributed by atoms with Crippen molar-refractivity contribution in [3.63, 3.8) is 0 Å². The molecule has 0 bridgehead atoms. The van der Waals surface area contributed by atoms with Crippen molar-refractivity contribution in [3.8, 4) is 22.4 Å². The van der Waals surface area contributed by atoms with E-state index in [1.807, 2.05) is 72.8 Å². The molecule has 5 aromatic rings. The van der Waals surface area contributed by atoms with Crippen LogP contribution in [0, 0.1) is 0 Å². The van der Waals surface area contributed by atoms with E-state index in [0.29, 0.717) is 10.2 Å². The number of fused-ring (bicyclic) bond motifs is 1. The largest absolute Gasteiger partial charge is 0.396 e. The van der Waals surface area contributed by atoms with Crippen LogP contribution in [0.2, 0.25) is 0 Å². The van der Waals surface area contributed by atoms with Crippen LogP contribution in [0.5, 0.6) is 0 Å². The van der Waals surface area contributed by atoms with E-state index in [2.05, 4.69) is 36.7 Å². The van der Waals surface area contributed by atoms with E-state index < -0.39 is 9.84 Å². The molecular formula is C29H25BrN2O2S2. The molecule has 36 heavy (non-hydrogen) atoms. The molecule has 2 aromatic heterocycles. The predicted molar refractivity (Wildman–Crippen MR) is 153 cm³/mol. The molecule has 0 radical (unpaired) electrons. The normalized spacial score (nSPS) is 12.2. The molecule has 0 aliphatic heterocycles. The summed E-state index contributed by atoms with van der Waals surface area (Å²) in [5, 5.41) is 0.664. The second-order valence-corrected chi connectivity index (χ2v) is 13.7. The zero-order valence-corrected chi connectivity index (χ0v) is 23.3. The van der Waals surface area contributed by atoms with Crippen molar-refractivity contribution in [1.29, 1.82) is 0 Å².